The molecule has 0 bridgehead atoms. The predicted octanol–water partition coefficient (Wildman–Crippen LogP) is 0.489. The molecule has 5 heteroatoms. The van der Waals surface area contributed by atoms with Gasteiger partial charge in [0.25, 0.3) is 0 Å². The molecule has 2 rings (SSSR count). The van der Waals surface area contributed by atoms with Crippen molar-refractivity contribution in [2.45, 2.75) is 44.6 Å². The molecule has 1 saturated carbocycles. The number of amides is 2. The highest BCUT2D eigenvalue weighted by Crippen LogP contribution is 2.27. The number of hydrogen-bond donors (Lipinski definition) is 2. The van der Waals surface area contributed by atoms with Gasteiger partial charge in [0.2, 0.25) is 11.8 Å². The van der Waals surface area contributed by atoms with Crippen LogP contribution in [-0.2, 0) is 9.59 Å². The van der Waals surface area contributed by atoms with Crippen LogP contribution in [0.2, 0.25) is 0 Å². The van der Waals surface area contributed by atoms with Gasteiger partial charge in [-0.3, -0.25) is 9.59 Å². The van der Waals surface area contributed by atoms with Gasteiger partial charge in [0.1, 0.15) is 0 Å². The molecule has 1 saturated heterocycles. The normalized spacial score (nSPS) is 31.9. The number of nitrogens with zero attached hydrogens (tertiary/aromatic N) is 1. The van der Waals surface area contributed by atoms with Crippen molar-refractivity contribution in [2.75, 3.05) is 20.1 Å². The number of nitrogens with one attached hydrogen (secondary N) is 1. The minimum atomic E-state index is -0.0417. The third kappa shape index (κ3) is 3.47. The van der Waals surface area contributed by atoms with Gasteiger partial charge in [0.15, 0.2) is 0 Å². The van der Waals surface area contributed by atoms with Crippen LogP contribution in [0.5, 0.6) is 0 Å². The summed E-state index contributed by atoms with van der Waals surface area (Å²) < 4.78 is 0. The van der Waals surface area contributed by atoms with Crippen LogP contribution >= 0.6 is 0 Å². The van der Waals surface area contributed by atoms with Gasteiger partial charge < -0.3 is 16.0 Å². The summed E-state index contributed by atoms with van der Waals surface area (Å²) in [7, 11) is 1.66. The van der Waals surface area contributed by atoms with Crippen molar-refractivity contribution in [1.82, 2.24) is 10.2 Å². The van der Waals surface area contributed by atoms with Gasteiger partial charge in [-0.25, -0.2) is 0 Å². The Morgan fingerprint density at radius 3 is 2.58 bits per heavy atom. The fourth-order valence-electron chi connectivity index (χ4n) is 3.31. The number of piperidine rings is 1. The molecule has 1 aliphatic carbocycles. The maximum Gasteiger partial charge on any atom is 0.225 e. The van der Waals surface area contributed by atoms with Crippen molar-refractivity contribution < 1.29 is 9.59 Å². The number of rotatable bonds is 2. The Morgan fingerprint density at radius 2 is 1.89 bits per heavy atom. The Hall–Kier alpha value is -1.10. The van der Waals surface area contributed by atoms with Gasteiger partial charge in [0.05, 0.1) is 5.92 Å². The maximum atomic E-state index is 12.5. The molecule has 108 valence electrons. The van der Waals surface area contributed by atoms with Crippen molar-refractivity contribution in [1.29, 1.82) is 0 Å². The number of likely N-dealkylation sites (tertiary alicyclic amines) is 1. The van der Waals surface area contributed by atoms with Crippen LogP contribution in [0.1, 0.15) is 38.5 Å². The third-order valence-electron chi connectivity index (χ3n) is 4.41. The summed E-state index contributed by atoms with van der Waals surface area (Å²) >= 11 is 0. The Kier molecular flexibility index (Phi) is 4.80. The summed E-state index contributed by atoms with van der Waals surface area (Å²) in [6, 6.07) is 0.169. The van der Waals surface area contributed by atoms with Crippen LogP contribution in [0.4, 0.5) is 0 Å². The highest BCUT2D eigenvalue weighted by atomic mass is 16.2. The quantitative estimate of drug-likeness (QED) is 0.764. The zero-order valence-electron chi connectivity index (χ0n) is 11.7. The molecule has 0 spiro atoms. The minimum Gasteiger partial charge on any atom is -0.359 e. The van der Waals surface area contributed by atoms with Crippen molar-refractivity contribution >= 4 is 11.8 Å². The number of hydrogen-bond acceptors (Lipinski definition) is 3. The summed E-state index contributed by atoms with van der Waals surface area (Å²) in [5.41, 5.74) is 5.95. The molecular formula is C14H25N3O2. The van der Waals surface area contributed by atoms with Crippen LogP contribution in [0, 0.1) is 11.8 Å². The van der Waals surface area contributed by atoms with E-state index < -0.39 is 0 Å². The Morgan fingerprint density at radius 1 is 1.16 bits per heavy atom. The summed E-state index contributed by atoms with van der Waals surface area (Å²) in [5.74, 6) is 0.300. The summed E-state index contributed by atoms with van der Waals surface area (Å²) in [6.07, 6.45) is 5.64. The van der Waals surface area contributed by atoms with Gasteiger partial charge in [-0.1, -0.05) is 6.42 Å². The van der Waals surface area contributed by atoms with Crippen LogP contribution in [-0.4, -0.2) is 42.9 Å². The molecule has 19 heavy (non-hydrogen) atoms. The van der Waals surface area contributed by atoms with E-state index in [1.807, 2.05) is 4.90 Å². The molecule has 1 heterocycles. The average molecular weight is 267 g/mol. The molecule has 0 aromatic heterocycles. The molecule has 0 radical (unpaired) electrons. The molecule has 5 nitrogen and oxygen atoms in total. The average Bonchev–Trinajstić information content (AvgIpc) is 2.45. The highest BCUT2D eigenvalue weighted by Gasteiger charge is 2.33. The summed E-state index contributed by atoms with van der Waals surface area (Å²) in [4.78, 5) is 26.1. The first-order valence-corrected chi connectivity index (χ1v) is 7.37. The van der Waals surface area contributed by atoms with Crippen molar-refractivity contribution in [3.63, 3.8) is 0 Å². The molecule has 3 N–H and O–H groups in total. The summed E-state index contributed by atoms with van der Waals surface area (Å²) in [6.45, 7) is 1.36. The van der Waals surface area contributed by atoms with Crippen LogP contribution in [0.15, 0.2) is 0 Å². The SMILES string of the molecule is CNC(=O)C1CCCN(C(=O)C2CCCC(N)C2)C1. The van der Waals surface area contributed by atoms with E-state index in [9.17, 15) is 9.59 Å². The smallest absolute Gasteiger partial charge is 0.225 e. The van der Waals surface area contributed by atoms with Gasteiger partial charge in [0, 0.05) is 32.1 Å². The van der Waals surface area contributed by atoms with Crippen molar-refractivity contribution in [3.05, 3.63) is 0 Å². The Labute approximate surface area is 114 Å². The van der Waals surface area contributed by atoms with Crippen LogP contribution in [0.25, 0.3) is 0 Å². The molecule has 3 atom stereocenters. The van der Waals surface area contributed by atoms with E-state index in [1.54, 1.807) is 7.05 Å². The first kappa shape index (κ1) is 14.3. The number of carbonyl (C=O) groups excluding carboxylic acids is 2. The Balaban J connectivity index is 1.93. The van der Waals surface area contributed by atoms with Crippen LogP contribution < -0.4 is 11.1 Å². The summed E-state index contributed by atoms with van der Waals surface area (Å²) in [5, 5.41) is 2.68. The van der Waals surface area contributed by atoms with E-state index >= 15 is 0 Å². The largest absolute Gasteiger partial charge is 0.359 e. The molecular weight excluding hydrogens is 242 g/mol. The standard InChI is InChI=1S/C14H25N3O2/c1-16-13(18)11-5-3-7-17(9-11)14(19)10-4-2-6-12(15)8-10/h10-12H,2-9,15H2,1H3,(H,16,18). The minimum absolute atomic E-state index is 0.0417. The molecule has 2 aliphatic rings. The van der Waals surface area contributed by atoms with E-state index in [2.05, 4.69) is 5.32 Å². The van der Waals surface area contributed by atoms with Gasteiger partial charge in [-0.05, 0) is 32.1 Å². The first-order chi connectivity index (χ1) is 9.11. The fraction of sp³-hybridized carbons (Fsp3) is 0.857. The molecule has 2 amide bonds. The highest BCUT2D eigenvalue weighted by molar-refractivity contribution is 5.82. The molecule has 2 fully saturated rings. The monoisotopic (exact) mass is 267 g/mol. The maximum absolute atomic E-state index is 12.5. The fourth-order valence-corrected chi connectivity index (χ4v) is 3.31. The van der Waals surface area contributed by atoms with Gasteiger partial charge in [-0.15, -0.1) is 0 Å². The van der Waals surface area contributed by atoms with Crippen molar-refractivity contribution in [3.8, 4) is 0 Å². The molecule has 0 aromatic rings. The topological polar surface area (TPSA) is 75.4 Å². The molecule has 0 aromatic carbocycles. The lowest BCUT2D eigenvalue weighted by atomic mass is 9.84. The van der Waals surface area contributed by atoms with Crippen LogP contribution in [0.3, 0.4) is 0 Å². The second-order valence-electron chi connectivity index (χ2n) is 5.86. The molecule has 1 aliphatic heterocycles. The number of carbonyl (C=O) groups is 2. The van der Waals surface area contributed by atoms with E-state index in [4.69, 9.17) is 5.73 Å². The molecule has 3 unspecified atom stereocenters. The lowest BCUT2D eigenvalue weighted by molar-refractivity contribution is -0.140. The lowest BCUT2D eigenvalue weighted by Gasteiger charge is -2.36. The first-order valence-electron chi connectivity index (χ1n) is 7.37. The van der Waals surface area contributed by atoms with E-state index in [-0.39, 0.29) is 29.7 Å². The second kappa shape index (κ2) is 6.37. The zero-order chi connectivity index (χ0) is 13.8. The van der Waals surface area contributed by atoms with Gasteiger partial charge in [-0.2, -0.15) is 0 Å². The Bertz CT molecular complexity index is 346. The van der Waals surface area contributed by atoms with Crippen molar-refractivity contribution in [2.24, 2.45) is 17.6 Å². The predicted molar refractivity (Wildman–Crippen MR) is 73.3 cm³/mol. The number of nitrogens with two attached hydrogens (primary N) is 1. The zero-order valence-corrected chi connectivity index (χ0v) is 11.7. The lowest BCUT2D eigenvalue weighted by Crippen LogP contribution is -2.48. The van der Waals surface area contributed by atoms with E-state index in [1.165, 1.54) is 0 Å². The van der Waals surface area contributed by atoms with E-state index in [0.29, 0.717) is 6.54 Å². The third-order valence-corrected chi connectivity index (χ3v) is 4.41. The van der Waals surface area contributed by atoms with Gasteiger partial charge >= 0.3 is 0 Å². The second-order valence-corrected chi connectivity index (χ2v) is 5.86. The van der Waals surface area contributed by atoms with E-state index in [0.717, 1.165) is 45.1 Å².